The predicted molar refractivity (Wildman–Crippen MR) is 82.1 cm³/mol. The molecule has 0 saturated carbocycles. The fourth-order valence-electron chi connectivity index (χ4n) is 3.41. The molecule has 0 unspecified atom stereocenters. The summed E-state index contributed by atoms with van der Waals surface area (Å²) in [6.07, 6.45) is 1.81. The summed E-state index contributed by atoms with van der Waals surface area (Å²) in [6, 6.07) is 2.06. The molecule has 0 radical (unpaired) electrons. The van der Waals surface area contributed by atoms with Gasteiger partial charge in [-0.25, -0.2) is 17.2 Å². The van der Waals surface area contributed by atoms with Crippen molar-refractivity contribution < 1.29 is 22.0 Å². The molecule has 2 heterocycles. The lowest BCUT2D eigenvalue weighted by atomic mass is 9.95. The third-order valence-corrected chi connectivity index (χ3v) is 6.78. The number of rotatable bonds is 2. The SMILES string of the molecule is CS(=O)(=O)C1(C(=O)N2CCc3cc(F)c(F)cc32)CCNCC1. The van der Waals surface area contributed by atoms with Crippen LogP contribution in [0.15, 0.2) is 12.1 Å². The molecule has 0 spiro atoms. The van der Waals surface area contributed by atoms with Crippen molar-refractivity contribution in [2.75, 3.05) is 30.8 Å². The molecule has 2 aliphatic heterocycles. The summed E-state index contributed by atoms with van der Waals surface area (Å²) in [6.45, 7) is 1.09. The van der Waals surface area contributed by atoms with E-state index in [1.54, 1.807) is 0 Å². The number of piperidine rings is 1. The summed E-state index contributed by atoms with van der Waals surface area (Å²) in [7, 11) is -3.64. The van der Waals surface area contributed by atoms with Crippen LogP contribution in [0.3, 0.4) is 0 Å². The van der Waals surface area contributed by atoms with Gasteiger partial charge in [0, 0.05) is 18.9 Å². The summed E-state index contributed by atoms with van der Waals surface area (Å²) in [5.41, 5.74) is 0.797. The van der Waals surface area contributed by atoms with E-state index in [9.17, 15) is 22.0 Å². The van der Waals surface area contributed by atoms with Crippen LogP contribution >= 0.6 is 0 Å². The number of hydrogen-bond donors (Lipinski definition) is 1. The molecule has 0 aromatic heterocycles. The quantitative estimate of drug-likeness (QED) is 0.870. The second kappa shape index (κ2) is 5.52. The van der Waals surface area contributed by atoms with Crippen molar-refractivity contribution in [2.45, 2.75) is 24.0 Å². The van der Waals surface area contributed by atoms with E-state index in [1.165, 1.54) is 4.90 Å². The highest BCUT2D eigenvalue weighted by atomic mass is 32.2. The lowest BCUT2D eigenvalue weighted by Crippen LogP contribution is -2.58. The summed E-state index contributed by atoms with van der Waals surface area (Å²) in [5, 5.41) is 3.05. The Morgan fingerprint density at radius 2 is 1.83 bits per heavy atom. The third kappa shape index (κ3) is 2.53. The number of hydrogen-bond acceptors (Lipinski definition) is 4. The van der Waals surface area contributed by atoms with Crippen molar-refractivity contribution in [1.82, 2.24) is 5.32 Å². The number of halogens is 2. The minimum absolute atomic E-state index is 0.181. The number of nitrogens with zero attached hydrogens (tertiary/aromatic N) is 1. The molecular formula is C15H18F2N2O3S. The Labute approximate surface area is 133 Å². The molecule has 1 saturated heterocycles. The molecule has 1 amide bonds. The van der Waals surface area contributed by atoms with Gasteiger partial charge in [-0.15, -0.1) is 0 Å². The van der Waals surface area contributed by atoms with E-state index < -0.39 is 32.1 Å². The van der Waals surface area contributed by atoms with E-state index >= 15 is 0 Å². The smallest absolute Gasteiger partial charge is 0.248 e. The molecule has 1 aromatic rings. The number of nitrogens with one attached hydrogen (secondary N) is 1. The van der Waals surface area contributed by atoms with E-state index in [-0.39, 0.29) is 25.1 Å². The van der Waals surface area contributed by atoms with Crippen molar-refractivity contribution in [3.63, 3.8) is 0 Å². The maximum atomic E-state index is 13.5. The minimum atomic E-state index is -3.64. The molecule has 8 heteroatoms. The van der Waals surface area contributed by atoms with Crippen molar-refractivity contribution in [1.29, 1.82) is 0 Å². The van der Waals surface area contributed by atoms with Crippen LogP contribution < -0.4 is 10.2 Å². The first-order chi connectivity index (χ1) is 10.8. The molecule has 126 valence electrons. The summed E-state index contributed by atoms with van der Waals surface area (Å²) < 4.78 is 50.0. The Kier molecular flexibility index (Phi) is 3.92. The first-order valence-corrected chi connectivity index (χ1v) is 9.36. The molecule has 0 atom stereocenters. The number of carbonyl (C=O) groups excluding carboxylic acids is 1. The Morgan fingerprint density at radius 3 is 2.43 bits per heavy atom. The van der Waals surface area contributed by atoms with Crippen LogP contribution in [0.5, 0.6) is 0 Å². The van der Waals surface area contributed by atoms with Gasteiger partial charge < -0.3 is 10.2 Å². The van der Waals surface area contributed by atoms with Gasteiger partial charge in [0.25, 0.3) is 0 Å². The van der Waals surface area contributed by atoms with Gasteiger partial charge in [0.15, 0.2) is 26.2 Å². The number of sulfone groups is 1. The summed E-state index contributed by atoms with van der Waals surface area (Å²) in [4.78, 5) is 14.3. The highest BCUT2D eigenvalue weighted by molar-refractivity contribution is 7.92. The van der Waals surface area contributed by atoms with Gasteiger partial charge in [-0.2, -0.15) is 0 Å². The van der Waals surface area contributed by atoms with Crippen molar-refractivity contribution in [2.24, 2.45) is 0 Å². The van der Waals surface area contributed by atoms with Gasteiger partial charge in [-0.3, -0.25) is 4.79 Å². The maximum absolute atomic E-state index is 13.5. The lowest BCUT2D eigenvalue weighted by Gasteiger charge is -2.37. The first-order valence-electron chi connectivity index (χ1n) is 7.46. The fraction of sp³-hybridized carbons (Fsp3) is 0.533. The highest BCUT2D eigenvalue weighted by Crippen LogP contribution is 2.36. The zero-order valence-electron chi connectivity index (χ0n) is 12.7. The van der Waals surface area contributed by atoms with E-state index in [4.69, 9.17) is 0 Å². The van der Waals surface area contributed by atoms with E-state index in [0.717, 1.165) is 18.4 Å². The summed E-state index contributed by atoms with van der Waals surface area (Å²) >= 11 is 0. The average Bonchev–Trinajstić information content (AvgIpc) is 2.89. The highest BCUT2D eigenvalue weighted by Gasteiger charge is 2.51. The van der Waals surface area contributed by atoms with Crippen molar-refractivity contribution in [3.05, 3.63) is 29.3 Å². The average molecular weight is 344 g/mol. The molecule has 1 N–H and O–H groups in total. The van der Waals surface area contributed by atoms with Crippen LogP contribution in [-0.4, -0.2) is 45.0 Å². The van der Waals surface area contributed by atoms with Crippen LogP contribution in [0.2, 0.25) is 0 Å². The van der Waals surface area contributed by atoms with E-state index in [0.29, 0.717) is 25.1 Å². The zero-order valence-corrected chi connectivity index (χ0v) is 13.5. The van der Waals surface area contributed by atoms with Crippen LogP contribution in [0, 0.1) is 11.6 Å². The van der Waals surface area contributed by atoms with Gasteiger partial charge in [0.2, 0.25) is 5.91 Å². The topological polar surface area (TPSA) is 66.5 Å². The van der Waals surface area contributed by atoms with Gasteiger partial charge >= 0.3 is 0 Å². The molecular weight excluding hydrogens is 326 g/mol. The molecule has 0 aliphatic carbocycles. The number of fused-ring (bicyclic) bond motifs is 1. The van der Waals surface area contributed by atoms with Gasteiger partial charge in [0.05, 0.1) is 5.69 Å². The van der Waals surface area contributed by atoms with Gasteiger partial charge in [0.1, 0.15) is 0 Å². The minimum Gasteiger partial charge on any atom is -0.317 e. The zero-order chi connectivity index (χ0) is 16.8. The molecule has 1 fully saturated rings. The Morgan fingerprint density at radius 1 is 1.22 bits per heavy atom. The maximum Gasteiger partial charge on any atom is 0.248 e. The Bertz CT molecular complexity index is 758. The van der Waals surface area contributed by atoms with Crippen molar-refractivity contribution >= 4 is 21.4 Å². The lowest BCUT2D eigenvalue weighted by molar-refractivity contribution is -0.121. The van der Waals surface area contributed by atoms with E-state index in [2.05, 4.69) is 5.32 Å². The number of amides is 1. The molecule has 0 bridgehead atoms. The van der Waals surface area contributed by atoms with Crippen LogP contribution in [0.4, 0.5) is 14.5 Å². The Balaban J connectivity index is 2.03. The monoisotopic (exact) mass is 344 g/mol. The summed E-state index contributed by atoms with van der Waals surface area (Å²) in [5.74, 6) is -2.54. The molecule has 2 aliphatic rings. The number of carbonyl (C=O) groups is 1. The number of benzene rings is 1. The fourth-order valence-corrected chi connectivity index (χ4v) is 4.79. The third-order valence-electron chi connectivity index (χ3n) is 4.77. The predicted octanol–water partition coefficient (Wildman–Crippen LogP) is 1.02. The molecule has 3 rings (SSSR count). The van der Waals surface area contributed by atoms with Gasteiger partial charge in [-0.05, 0) is 44.0 Å². The van der Waals surface area contributed by atoms with Crippen molar-refractivity contribution in [3.8, 4) is 0 Å². The normalized spacial score (nSPS) is 20.4. The first kappa shape index (κ1) is 16.3. The second-order valence-corrected chi connectivity index (χ2v) is 8.44. The van der Waals surface area contributed by atoms with E-state index in [1.807, 2.05) is 0 Å². The second-order valence-electron chi connectivity index (χ2n) is 6.12. The molecule has 5 nitrogen and oxygen atoms in total. The largest absolute Gasteiger partial charge is 0.317 e. The standard InChI is InChI=1S/C15H18F2N2O3S/c1-23(21,22)15(3-5-18-6-4-15)14(20)19-7-2-10-8-11(16)12(17)9-13(10)19/h8-9,18H,2-7H2,1H3. The number of anilines is 1. The van der Waals surface area contributed by atoms with Crippen LogP contribution in [-0.2, 0) is 21.1 Å². The molecule has 23 heavy (non-hydrogen) atoms. The van der Waals surface area contributed by atoms with Gasteiger partial charge in [-0.1, -0.05) is 0 Å². The Hall–Kier alpha value is -1.54. The van der Waals surface area contributed by atoms with Crippen LogP contribution in [0.1, 0.15) is 18.4 Å². The molecule has 1 aromatic carbocycles. The van der Waals surface area contributed by atoms with Crippen LogP contribution in [0.25, 0.3) is 0 Å².